The lowest BCUT2D eigenvalue weighted by molar-refractivity contribution is -0.119. The molecule has 6 heteroatoms. The van der Waals surface area contributed by atoms with E-state index in [2.05, 4.69) is 5.32 Å². The van der Waals surface area contributed by atoms with Crippen LogP contribution in [0.2, 0.25) is 5.02 Å². The third-order valence-electron chi connectivity index (χ3n) is 2.93. The van der Waals surface area contributed by atoms with Gasteiger partial charge in [0.2, 0.25) is 5.91 Å². The van der Waals surface area contributed by atoms with Gasteiger partial charge in [-0.25, -0.2) is 0 Å². The Morgan fingerprint density at radius 3 is 2.89 bits per heavy atom. The first-order chi connectivity index (χ1) is 9.15. The minimum atomic E-state index is 0.0462. The van der Waals surface area contributed by atoms with Crippen LogP contribution in [0.3, 0.4) is 0 Å². The van der Waals surface area contributed by atoms with Crippen molar-refractivity contribution in [3.63, 3.8) is 0 Å². The number of carbonyl (C=O) groups is 1. The summed E-state index contributed by atoms with van der Waals surface area (Å²) in [6.07, 6.45) is 1.79. The number of nitrogen functional groups attached to an aromatic ring is 1. The SMILES string of the molecule is Nc1ccc(SCC(=O)NC2CCOCC2)cc1Cl. The van der Waals surface area contributed by atoms with Crippen LogP contribution in [0.4, 0.5) is 5.69 Å². The summed E-state index contributed by atoms with van der Waals surface area (Å²) >= 11 is 7.39. The number of amides is 1. The van der Waals surface area contributed by atoms with Crippen LogP contribution < -0.4 is 11.1 Å². The second-order valence-corrected chi connectivity index (χ2v) is 5.88. The minimum absolute atomic E-state index is 0.0462. The molecule has 3 N–H and O–H groups in total. The predicted molar refractivity (Wildman–Crippen MR) is 78.6 cm³/mol. The van der Waals surface area contributed by atoms with Crippen molar-refractivity contribution < 1.29 is 9.53 Å². The van der Waals surface area contributed by atoms with Gasteiger partial charge in [0.25, 0.3) is 0 Å². The zero-order valence-electron chi connectivity index (χ0n) is 10.5. The van der Waals surface area contributed by atoms with E-state index in [-0.39, 0.29) is 11.9 Å². The quantitative estimate of drug-likeness (QED) is 0.661. The van der Waals surface area contributed by atoms with Crippen LogP contribution in [-0.2, 0) is 9.53 Å². The molecule has 1 heterocycles. The van der Waals surface area contributed by atoms with Gasteiger partial charge in [-0.15, -0.1) is 11.8 Å². The summed E-state index contributed by atoms with van der Waals surface area (Å²) in [5.41, 5.74) is 6.19. The average Bonchev–Trinajstić information content (AvgIpc) is 2.41. The molecule has 0 saturated carbocycles. The summed E-state index contributed by atoms with van der Waals surface area (Å²) in [7, 11) is 0. The lowest BCUT2D eigenvalue weighted by Gasteiger charge is -2.23. The normalized spacial score (nSPS) is 16.3. The number of anilines is 1. The first-order valence-electron chi connectivity index (χ1n) is 6.20. The van der Waals surface area contributed by atoms with Gasteiger partial charge < -0.3 is 15.8 Å². The molecule has 0 aliphatic carbocycles. The van der Waals surface area contributed by atoms with Gasteiger partial charge in [-0.3, -0.25) is 4.79 Å². The Balaban J connectivity index is 1.77. The second kappa shape index (κ2) is 7.03. The van der Waals surface area contributed by atoms with E-state index in [4.69, 9.17) is 22.1 Å². The fourth-order valence-electron chi connectivity index (χ4n) is 1.86. The summed E-state index contributed by atoms with van der Waals surface area (Å²) in [6.45, 7) is 1.46. The van der Waals surface area contributed by atoms with Gasteiger partial charge in [0.05, 0.1) is 16.5 Å². The molecule has 104 valence electrons. The Kier molecular flexibility index (Phi) is 5.36. The Hall–Kier alpha value is -0.910. The van der Waals surface area contributed by atoms with Crippen LogP contribution in [0.5, 0.6) is 0 Å². The summed E-state index contributed by atoms with van der Waals surface area (Å²) in [5.74, 6) is 0.433. The highest BCUT2D eigenvalue weighted by Crippen LogP contribution is 2.26. The number of nitrogens with one attached hydrogen (secondary N) is 1. The van der Waals surface area contributed by atoms with Crippen LogP contribution in [0.25, 0.3) is 0 Å². The Labute approximate surface area is 122 Å². The molecule has 1 aromatic carbocycles. The number of hydrogen-bond donors (Lipinski definition) is 2. The van der Waals surface area contributed by atoms with Gasteiger partial charge in [-0.1, -0.05) is 11.6 Å². The highest BCUT2D eigenvalue weighted by molar-refractivity contribution is 8.00. The molecular weight excluding hydrogens is 284 g/mol. The van der Waals surface area contributed by atoms with Gasteiger partial charge in [0.15, 0.2) is 0 Å². The van der Waals surface area contributed by atoms with Crippen molar-refractivity contribution in [2.24, 2.45) is 0 Å². The van der Waals surface area contributed by atoms with E-state index in [1.807, 2.05) is 6.07 Å². The first-order valence-corrected chi connectivity index (χ1v) is 7.56. The molecule has 0 bridgehead atoms. The molecule has 1 aromatic rings. The third kappa shape index (κ3) is 4.60. The standard InChI is InChI=1S/C13H17ClN2O2S/c14-11-7-10(1-2-12(11)15)19-8-13(17)16-9-3-5-18-6-4-9/h1-2,7,9H,3-6,8,15H2,(H,16,17). The zero-order chi connectivity index (χ0) is 13.7. The molecule has 1 amide bonds. The van der Waals surface area contributed by atoms with Gasteiger partial charge >= 0.3 is 0 Å². The van der Waals surface area contributed by atoms with Gasteiger partial charge in [0.1, 0.15) is 0 Å². The van der Waals surface area contributed by atoms with Crippen molar-refractivity contribution in [2.75, 3.05) is 24.7 Å². The van der Waals surface area contributed by atoms with Crippen molar-refractivity contribution >= 4 is 35.0 Å². The second-order valence-electron chi connectivity index (χ2n) is 4.43. The fraction of sp³-hybridized carbons (Fsp3) is 0.462. The maximum absolute atomic E-state index is 11.8. The number of ether oxygens (including phenoxy) is 1. The fourth-order valence-corrected chi connectivity index (χ4v) is 2.85. The van der Waals surface area contributed by atoms with Crippen LogP contribution in [0, 0.1) is 0 Å². The maximum Gasteiger partial charge on any atom is 0.230 e. The monoisotopic (exact) mass is 300 g/mol. The summed E-state index contributed by atoms with van der Waals surface area (Å²) in [4.78, 5) is 12.8. The summed E-state index contributed by atoms with van der Waals surface area (Å²) < 4.78 is 5.25. The molecular formula is C13H17ClN2O2S. The molecule has 4 nitrogen and oxygen atoms in total. The molecule has 1 aliphatic rings. The van der Waals surface area contributed by atoms with Crippen LogP contribution in [-0.4, -0.2) is 30.9 Å². The zero-order valence-corrected chi connectivity index (χ0v) is 12.1. The number of benzene rings is 1. The third-order valence-corrected chi connectivity index (χ3v) is 4.25. The van der Waals surface area contributed by atoms with E-state index in [9.17, 15) is 4.79 Å². The van der Waals surface area contributed by atoms with Gasteiger partial charge in [0, 0.05) is 24.2 Å². The van der Waals surface area contributed by atoms with Gasteiger partial charge in [-0.05, 0) is 31.0 Å². The Morgan fingerprint density at radius 1 is 1.47 bits per heavy atom. The lowest BCUT2D eigenvalue weighted by atomic mass is 10.1. The highest BCUT2D eigenvalue weighted by atomic mass is 35.5. The number of rotatable bonds is 4. The molecule has 0 radical (unpaired) electrons. The molecule has 1 aliphatic heterocycles. The van der Waals surface area contributed by atoms with Crippen LogP contribution in [0.15, 0.2) is 23.1 Å². The molecule has 19 heavy (non-hydrogen) atoms. The molecule has 0 spiro atoms. The molecule has 2 rings (SSSR count). The average molecular weight is 301 g/mol. The number of halogens is 1. The lowest BCUT2D eigenvalue weighted by Crippen LogP contribution is -2.39. The highest BCUT2D eigenvalue weighted by Gasteiger charge is 2.15. The van der Waals surface area contributed by atoms with Crippen molar-refractivity contribution in [1.29, 1.82) is 0 Å². The predicted octanol–water partition coefficient (Wildman–Crippen LogP) is 2.31. The van der Waals surface area contributed by atoms with Crippen LogP contribution >= 0.6 is 23.4 Å². The van der Waals surface area contributed by atoms with E-state index in [1.165, 1.54) is 11.8 Å². The number of carbonyl (C=O) groups excluding carboxylic acids is 1. The van der Waals surface area contributed by atoms with Crippen molar-refractivity contribution in [3.8, 4) is 0 Å². The first kappa shape index (κ1) is 14.5. The summed E-state index contributed by atoms with van der Waals surface area (Å²) in [6, 6.07) is 5.65. The van der Waals surface area contributed by atoms with Crippen molar-refractivity contribution in [3.05, 3.63) is 23.2 Å². The van der Waals surface area contributed by atoms with E-state index >= 15 is 0 Å². The number of hydrogen-bond acceptors (Lipinski definition) is 4. The molecule has 0 unspecified atom stereocenters. The van der Waals surface area contributed by atoms with Crippen LogP contribution in [0.1, 0.15) is 12.8 Å². The Bertz CT molecular complexity index is 450. The van der Waals surface area contributed by atoms with E-state index in [0.717, 1.165) is 31.0 Å². The van der Waals surface area contributed by atoms with E-state index < -0.39 is 0 Å². The largest absolute Gasteiger partial charge is 0.398 e. The molecule has 1 fully saturated rings. The van der Waals surface area contributed by atoms with Gasteiger partial charge in [-0.2, -0.15) is 0 Å². The van der Waals surface area contributed by atoms with Crippen molar-refractivity contribution in [2.45, 2.75) is 23.8 Å². The van der Waals surface area contributed by atoms with E-state index in [1.54, 1.807) is 12.1 Å². The maximum atomic E-state index is 11.8. The summed E-state index contributed by atoms with van der Waals surface area (Å²) in [5, 5.41) is 3.54. The molecule has 0 atom stereocenters. The van der Waals surface area contributed by atoms with E-state index in [0.29, 0.717) is 16.5 Å². The number of thioether (sulfide) groups is 1. The van der Waals surface area contributed by atoms with Crippen molar-refractivity contribution in [1.82, 2.24) is 5.32 Å². The smallest absolute Gasteiger partial charge is 0.230 e. The minimum Gasteiger partial charge on any atom is -0.398 e. The Morgan fingerprint density at radius 2 is 2.21 bits per heavy atom. The molecule has 1 saturated heterocycles. The topological polar surface area (TPSA) is 64.4 Å². The molecule has 0 aromatic heterocycles. The number of nitrogens with two attached hydrogens (primary N) is 1.